The highest BCUT2D eigenvalue weighted by Gasteiger charge is 2.16. The molecule has 0 aliphatic carbocycles. The Hall–Kier alpha value is -1.68. The molecule has 25 heavy (non-hydrogen) atoms. The highest BCUT2D eigenvalue weighted by molar-refractivity contribution is 7.99. The van der Waals surface area contributed by atoms with Gasteiger partial charge in [-0.05, 0) is 23.3 Å². The summed E-state index contributed by atoms with van der Waals surface area (Å²) in [6, 6.07) is 16.0. The lowest BCUT2D eigenvalue weighted by atomic mass is 10.1. The molecule has 0 fully saturated rings. The maximum Gasteiger partial charge on any atom is 0.0946 e. The van der Waals surface area contributed by atoms with E-state index in [1.165, 1.54) is 5.56 Å². The van der Waals surface area contributed by atoms with Gasteiger partial charge in [-0.2, -0.15) is 0 Å². The van der Waals surface area contributed by atoms with Crippen LogP contribution in [0.5, 0.6) is 0 Å². The summed E-state index contributed by atoms with van der Waals surface area (Å²) < 4.78 is 2.07. The van der Waals surface area contributed by atoms with Gasteiger partial charge in [0.15, 0.2) is 0 Å². The Morgan fingerprint density at radius 2 is 1.96 bits per heavy atom. The first-order valence-corrected chi connectivity index (χ1v) is 9.77. The predicted molar refractivity (Wildman–Crippen MR) is 109 cm³/mol. The van der Waals surface area contributed by atoms with Crippen molar-refractivity contribution in [1.82, 2.24) is 9.55 Å². The number of hydrogen-bond acceptors (Lipinski definition) is 2. The van der Waals surface area contributed by atoms with Crippen molar-refractivity contribution in [2.24, 2.45) is 0 Å². The van der Waals surface area contributed by atoms with Gasteiger partial charge in [0.2, 0.25) is 0 Å². The third kappa shape index (κ3) is 5.40. The van der Waals surface area contributed by atoms with Gasteiger partial charge >= 0.3 is 0 Å². The van der Waals surface area contributed by atoms with Gasteiger partial charge in [-0.15, -0.1) is 11.8 Å². The lowest BCUT2D eigenvalue weighted by Crippen LogP contribution is -2.06. The molecule has 0 spiro atoms. The number of rotatable bonds is 7. The number of halogens is 2. The van der Waals surface area contributed by atoms with E-state index in [0.29, 0.717) is 10.0 Å². The second kappa shape index (κ2) is 9.14. The fraction of sp³-hybridized carbons (Fsp3) is 0.150. The van der Waals surface area contributed by atoms with Crippen molar-refractivity contribution in [3.63, 3.8) is 0 Å². The van der Waals surface area contributed by atoms with Crippen molar-refractivity contribution < 1.29 is 0 Å². The first-order chi connectivity index (χ1) is 12.2. The normalized spacial score (nSPS) is 12.6. The highest BCUT2D eigenvalue weighted by Crippen LogP contribution is 2.36. The van der Waals surface area contributed by atoms with Crippen molar-refractivity contribution in [1.29, 1.82) is 0 Å². The molecule has 3 aromatic rings. The topological polar surface area (TPSA) is 17.8 Å². The van der Waals surface area contributed by atoms with Crippen LogP contribution in [0.4, 0.5) is 0 Å². The first kappa shape index (κ1) is 18.1. The number of aromatic nitrogens is 2. The summed E-state index contributed by atoms with van der Waals surface area (Å²) in [6.07, 6.45) is 9.92. The van der Waals surface area contributed by atoms with Gasteiger partial charge in [-0.25, -0.2) is 4.98 Å². The number of thioether (sulfide) groups is 1. The zero-order valence-corrected chi connectivity index (χ0v) is 15.9. The molecule has 2 nitrogen and oxygen atoms in total. The zero-order chi connectivity index (χ0) is 17.5. The lowest BCUT2D eigenvalue weighted by Gasteiger charge is -2.18. The van der Waals surface area contributed by atoms with Crippen LogP contribution < -0.4 is 0 Å². The predicted octanol–water partition coefficient (Wildman–Crippen LogP) is 6.38. The standard InChI is InChI=1S/C20H18Cl2N2S/c21-17-8-9-18(19(22)13-17)20(14-24-11-10-23-15-24)25-12-4-7-16-5-2-1-3-6-16/h1-11,13,15,20H,12,14H2. The third-order valence-corrected chi connectivity index (χ3v) is 5.50. The van der Waals surface area contributed by atoms with Crippen molar-refractivity contribution >= 4 is 41.0 Å². The molecule has 128 valence electrons. The Bertz CT molecular complexity index is 817. The van der Waals surface area contributed by atoms with Crippen LogP contribution in [0.25, 0.3) is 6.08 Å². The molecule has 0 saturated carbocycles. The van der Waals surface area contributed by atoms with Crippen LogP contribution in [0, 0.1) is 0 Å². The monoisotopic (exact) mass is 388 g/mol. The minimum atomic E-state index is 0.222. The Balaban J connectivity index is 1.71. The van der Waals surface area contributed by atoms with Crippen molar-refractivity contribution in [3.05, 3.63) is 94.5 Å². The Kier molecular flexibility index (Phi) is 6.62. The van der Waals surface area contributed by atoms with Crippen molar-refractivity contribution in [2.75, 3.05) is 5.75 Å². The second-order valence-electron chi connectivity index (χ2n) is 5.56. The maximum absolute atomic E-state index is 6.43. The molecule has 0 aliphatic rings. The fourth-order valence-electron chi connectivity index (χ4n) is 2.51. The molecule has 5 heteroatoms. The average Bonchev–Trinajstić information content (AvgIpc) is 3.12. The summed E-state index contributed by atoms with van der Waals surface area (Å²) in [5.41, 5.74) is 2.30. The van der Waals surface area contributed by atoms with E-state index in [9.17, 15) is 0 Å². The van der Waals surface area contributed by atoms with E-state index < -0.39 is 0 Å². The SMILES string of the molecule is Clc1ccc(C(Cn2ccnc2)SCC=Cc2ccccc2)c(Cl)c1. The van der Waals surface area contributed by atoms with E-state index in [0.717, 1.165) is 17.9 Å². The maximum atomic E-state index is 6.43. The van der Waals surface area contributed by atoms with Gasteiger partial charge in [0, 0.05) is 40.0 Å². The molecule has 0 radical (unpaired) electrons. The van der Waals surface area contributed by atoms with E-state index in [4.69, 9.17) is 23.2 Å². The lowest BCUT2D eigenvalue weighted by molar-refractivity contribution is 0.684. The summed E-state index contributed by atoms with van der Waals surface area (Å²) in [5.74, 6) is 0.896. The van der Waals surface area contributed by atoms with Gasteiger partial charge in [0.25, 0.3) is 0 Å². The van der Waals surface area contributed by atoms with Crippen LogP contribution in [0.15, 0.2) is 73.3 Å². The molecule has 1 atom stereocenters. The number of benzene rings is 2. The summed E-state index contributed by atoms with van der Waals surface area (Å²) in [7, 11) is 0. The van der Waals surface area contributed by atoms with Crippen molar-refractivity contribution in [3.8, 4) is 0 Å². The Labute approximate surface area is 162 Å². The van der Waals surface area contributed by atoms with E-state index in [-0.39, 0.29) is 5.25 Å². The zero-order valence-electron chi connectivity index (χ0n) is 13.6. The number of hydrogen-bond donors (Lipinski definition) is 0. The molecule has 0 N–H and O–H groups in total. The molecular formula is C20H18Cl2N2S. The molecule has 1 unspecified atom stereocenters. The molecule has 3 rings (SSSR count). The summed E-state index contributed by atoms with van der Waals surface area (Å²) in [4.78, 5) is 4.13. The van der Waals surface area contributed by atoms with E-state index >= 15 is 0 Å². The molecule has 1 aromatic heterocycles. The van der Waals surface area contributed by atoms with E-state index in [1.54, 1.807) is 12.3 Å². The largest absolute Gasteiger partial charge is 0.336 e. The van der Waals surface area contributed by atoms with Crippen LogP contribution >= 0.6 is 35.0 Å². The van der Waals surface area contributed by atoms with E-state index in [2.05, 4.69) is 33.8 Å². The van der Waals surface area contributed by atoms with Gasteiger partial charge in [0.1, 0.15) is 0 Å². The van der Waals surface area contributed by atoms with Crippen molar-refractivity contribution in [2.45, 2.75) is 11.8 Å². The van der Waals surface area contributed by atoms with E-state index in [1.807, 2.05) is 54.6 Å². The van der Waals surface area contributed by atoms with Gasteiger partial charge < -0.3 is 4.57 Å². The molecule has 0 amide bonds. The van der Waals surface area contributed by atoms with Crippen LogP contribution in [0.2, 0.25) is 10.0 Å². The molecular weight excluding hydrogens is 371 g/mol. The smallest absolute Gasteiger partial charge is 0.0946 e. The molecule has 0 saturated heterocycles. The van der Waals surface area contributed by atoms with Gasteiger partial charge in [-0.1, -0.05) is 71.8 Å². The summed E-state index contributed by atoms with van der Waals surface area (Å²) in [6.45, 7) is 0.811. The van der Waals surface area contributed by atoms with Crippen LogP contribution in [0.3, 0.4) is 0 Å². The van der Waals surface area contributed by atoms with Crippen LogP contribution in [-0.4, -0.2) is 15.3 Å². The fourth-order valence-corrected chi connectivity index (χ4v) is 4.22. The van der Waals surface area contributed by atoms with Crippen LogP contribution in [0.1, 0.15) is 16.4 Å². The Morgan fingerprint density at radius 3 is 2.68 bits per heavy atom. The van der Waals surface area contributed by atoms with Gasteiger partial charge in [-0.3, -0.25) is 0 Å². The molecule has 1 heterocycles. The minimum absolute atomic E-state index is 0.222. The molecule has 0 bridgehead atoms. The van der Waals surface area contributed by atoms with Crippen LogP contribution in [-0.2, 0) is 6.54 Å². The Morgan fingerprint density at radius 1 is 1.12 bits per heavy atom. The van der Waals surface area contributed by atoms with Gasteiger partial charge in [0.05, 0.1) is 6.33 Å². The molecule has 0 aliphatic heterocycles. The average molecular weight is 389 g/mol. The third-order valence-electron chi connectivity index (χ3n) is 3.75. The first-order valence-electron chi connectivity index (χ1n) is 7.96. The number of imidazole rings is 1. The molecule has 2 aromatic carbocycles. The summed E-state index contributed by atoms with van der Waals surface area (Å²) >= 11 is 14.3. The highest BCUT2D eigenvalue weighted by atomic mass is 35.5. The quantitative estimate of drug-likeness (QED) is 0.467. The minimum Gasteiger partial charge on any atom is -0.336 e. The number of nitrogens with zero attached hydrogens (tertiary/aromatic N) is 2. The summed E-state index contributed by atoms with van der Waals surface area (Å²) in [5, 5.41) is 1.58. The second-order valence-corrected chi connectivity index (χ2v) is 7.64.